The van der Waals surface area contributed by atoms with Gasteiger partial charge in [0.05, 0.1) is 11.3 Å². The van der Waals surface area contributed by atoms with Crippen LogP contribution in [-0.2, 0) is 6.18 Å². The Morgan fingerprint density at radius 1 is 0.857 bits per heavy atom. The van der Waals surface area contributed by atoms with Gasteiger partial charge in [0.2, 0.25) is 5.88 Å². The Labute approximate surface area is 157 Å². The molecular weight excluding hydrogens is 369 g/mol. The minimum Gasteiger partial charge on any atom is -0.404 e. The molecule has 4 aromatic rings. The molecule has 0 radical (unpaired) electrons. The summed E-state index contributed by atoms with van der Waals surface area (Å²) < 4.78 is 45.6. The molecule has 1 aromatic heterocycles. The number of hydrogen-bond donors (Lipinski definition) is 0. The lowest BCUT2D eigenvalue weighted by molar-refractivity contribution is -0.141. The zero-order valence-electron chi connectivity index (χ0n) is 14.4. The van der Waals surface area contributed by atoms with Crippen molar-refractivity contribution in [2.24, 2.45) is 0 Å². The van der Waals surface area contributed by atoms with Crippen molar-refractivity contribution in [2.75, 3.05) is 0 Å². The Hall–Kier alpha value is -3.61. The number of aromatic nitrogens is 2. The standard InChI is InChI=1S/C21H13F3N2O2/c22-21(23,24)18-13-19(26(25-18)17-8-2-1-3-9-17)28-20(27)16-11-10-14-6-4-5-7-15(14)12-16/h1-13H. The van der Waals surface area contributed by atoms with Gasteiger partial charge in [0, 0.05) is 6.07 Å². The van der Waals surface area contributed by atoms with Gasteiger partial charge in [0.25, 0.3) is 0 Å². The van der Waals surface area contributed by atoms with E-state index in [1.165, 1.54) is 0 Å². The zero-order chi connectivity index (χ0) is 19.7. The molecule has 1 heterocycles. The van der Waals surface area contributed by atoms with Gasteiger partial charge in [-0.3, -0.25) is 0 Å². The number of alkyl halides is 3. The molecule has 0 N–H and O–H groups in total. The number of rotatable bonds is 3. The molecule has 0 atom stereocenters. The first-order valence-corrected chi connectivity index (χ1v) is 8.35. The van der Waals surface area contributed by atoms with E-state index in [-0.39, 0.29) is 11.4 Å². The van der Waals surface area contributed by atoms with Gasteiger partial charge in [-0.15, -0.1) is 0 Å². The Kier molecular flexibility index (Phi) is 4.35. The summed E-state index contributed by atoms with van der Waals surface area (Å²) in [7, 11) is 0. The number of hydrogen-bond acceptors (Lipinski definition) is 3. The first kappa shape index (κ1) is 17.8. The summed E-state index contributed by atoms with van der Waals surface area (Å²) in [6, 6.07) is 21.3. The highest BCUT2D eigenvalue weighted by Crippen LogP contribution is 2.32. The van der Waals surface area contributed by atoms with Crippen molar-refractivity contribution in [2.45, 2.75) is 6.18 Å². The molecule has 0 saturated carbocycles. The monoisotopic (exact) mass is 382 g/mol. The number of nitrogens with zero attached hydrogens (tertiary/aromatic N) is 2. The molecule has 0 aliphatic heterocycles. The summed E-state index contributed by atoms with van der Waals surface area (Å²) in [6.45, 7) is 0. The second-order valence-electron chi connectivity index (χ2n) is 6.06. The van der Waals surface area contributed by atoms with Gasteiger partial charge in [-0.05, 0) is 35.0 Å². The summed E-state index contributed by atoms with van der Waals surface area (Å²) in [5, 5.41) is 5.32. The smallest absolute Gasteiger partial charge is 0.404 e. The number of para-hydroxylation sites is 1. The summed E-state index contributed by atoms with van der Waals surface area (Å²) in [4.78, 5) is 12.6. The third kappa shape index (κ3) is 3.46. The molecule has 0 amide bonds. The van der Waals surface area contributed by atoms with Gasteiger partial charge in [-0.1, -0.05) is 48.5 Å². The fourth-order valence-corrected chi connectivity index (χ4v) is 2.80. The van der Waals surface area contributed by atoms with E-state index in [2.05, 4.69) is 5.10 Å². The highest BCUT2D eigenvalue weighted by atomic mass is 19.4. The molecule has 7 heteroatoms. The number of ether oxygens (including phenoxy) is 1. The van der Waals surface area contributed by atoms with E-state index < -0.39 is 17.8 Å². The number of esters is 1. The minimum absolute atomic E-state index is 0.230. The van der Waals surface area contributed by atoms with Gasteiger partial charge >= 0.3 is 12.1 Å². The summed E-state index contributed by atoms with van der Waals surface area (Å²) in [5.74, 6) is -1.08. The van der Waals surface area contributed by atoms with Crippen molar-refractivity contribution in [1.29, 1.82) is 0 Å². The molecule has 0 unspecified atom stereocenters. The fourth-order valence-electron chi connectivity index (χ4n) is 2.80. The average Bonchev–Trinajstić information content (AvgIpc) is 3.12. The van der Waals surface area contributed by atoms with E-state index >= 15 is 0 Å². The molecule has 3 aromatic carbocycles. The predicted octanol–water partition coefficient (Wildman–Crippen LogP) is 5.26. The molecule has 28 heavy (non-hydrogen) atoms. The van der Waals surface area contributed by atoms with Crippen molar-refractivity contribution in [3.05, 3.63) is 90.1 Å². The van der Waals surface area contributed by atoms with Crippen LogP contribution < -0.4 is 4.74 Å². The van der Waals surface area contributed by atoms with Crippen LogP contribution in [-0.4, -0.2) is 15.7 Å². The first-order chi connectivity index (χ1) is 13.4. The maximum Gasteiger partial charge on any atom is 0.435 e. The average molecular weight is 382 g/mol. The van der Waals surface area contributed by atoms with Gasteiger partial charge in [-0.25, -0.2) is 9.48 Å². The zero-order valence-corrected chi connectivity index (χ0v) is 14.4. The van der Waals surface area contributed by atoms with E-state index in [9.17, 15) is 18.0 Å². The number of carbonyl (C=O) groups is 1. The fraction of sp³-hybridized carbons (Fsp3) is 0.0476. The van der Waals surface area contributed by atoms with E-state index in [1.54, 1.807) is 48.5 Å². The molecule has 4 rings (SSSR count). The van der Waals surface area contributed by atoms with E-state index in [1.807, 2.05) is 24.3 Å². The van der Waals surface area contributed by atoms with Crippen LogP contribution in [0.1, 0.15) is 16.1 Å². The maximum absolute atomic E-state index is 13.1. The van der Waals surface area contributed by atoms with Crippen molar-refractivity contribution < 1.29 is 22.7 Å². The molecule has 4 nitrogen and oxygen atoms in total. The van der Waals surface area contributed by atoms with Gasteiger partial charge in [-0.2, -0.15) is 18.3 Å². The number of halogens is 3. The third-order valence-electron chi connectivity index (χ3n) is 4.15. The first-order valence-electron chi connectivity index (χ1n) is 8.35. The Balaban J connectivity index is 1.71. The second-order valence-corrected chi connectivity index (χ2v) is 6.06. The van der Waals surface area contributed by atoms with Gasteiger partial charge < -0.3 is 4.74 Å². The van der Waals surface area contributed by atoms with Crippen molar-refractivity contribution in [3.63, 3.8) is 0 Å². The minimum atomic E-state index is -4.66. The highest BCUT2D eigenvalue weighted by Gasteiger charge is 2.36. The molecule has 0 aliphatic carbocycles. The Morgan fingerprint density at radius 2 is 1.54 bits per heavy atom. The largest absolute Gasteiger partial charge is 0.435 e. The number of fused-ring (bicyclic) bond motifs is 1. The van der Waals surface area contributed by atoms with E-state index in [4.69, 9.17) is 4.74 Å². The molecule has 0 bridgehead atoms. The van der Waals surface area contributed by atoms with Crippen LogP contribution in [0.3, 0.4) is 0 Å². The normalized spacial score (nSPS) is 11.5. The van der Waals surface area contributed by atoms with Crippen LogP contribution in [0.5, 0.6) is 5.88 Å². The molecule has 0 spiro atoms. The van der Waals surface area contributed by atoms with Crippen molar-refractivity contribution in [3.8, 4) is 11.6 Å². The number of carbonyl (C=O) groups excluding carboxylic acids is 1. The van der Waals surface area contributed by atoms with Gasteiger partial charge in [0.15, 0.2) is 5.69 Å². The van der Waals surface area contributed by atoms with Crippen molar-refractivity contribution >= 4 is 16.7 Å². The lowest BCUT2D eigenvalue weighted by Gasteiger charge is -2.08. The molecule has 0 fully saturated rings. The van der Waals surface area contributed by atoms with Crippen LogP contribution >= 0.6 is 0 Å². The molecule has 0 aliphatic rings. The highest BCUT2D eigenvalue weighted by molar-refractivity contribution is 5.96. The Morgan fingerprint density at radius 3 is 2.25 bits per heavy atom. The lowest BCUT2D eigenvalue weighted by Crippen LogP contribution is -2.12. The summed E-state index contributed by atoms with van der Waals surface area (Å²) in [6.07, 6.45) is -4.66. The molecular formula is C21H13F3N2O2. The van der Waals surface area contributed by atoms with Crippen LogP contribution in [0.25, 0.3) is 16.5 Å². The SMILES string of the molecule is O=C(Oc1cc(C(F)(F)F)nn1-c1ccccc1)c1ccc2ccccc2c1. The van der Waals surface area contributed by atoms with Crippen LogP contribution in [0.4, 0.5) is 13.2 Å². The second kappa shape index (κ2) is 6.84. The molecule has 140 valence electrons. The van der Waals surface area contributed by atoms with Crippen molar-refractivity contribution in [1.82, 2.24) is 9.78 Å². The van der Waals surface area contributed by atoms with Crippen LogP contribution in [0.15, 0.2) is 78.9 Å². The maximum atomic E-state index is 13.1. The van der Waals surface area contributed by atoms with E-state index in [0.29, 0.717) is 11.8 Å². The molecule has 0 saturated heterocycles. The topological polar surface area (TPSA) is 44.1 Å². The summed E-state index contributed by atoms with van der Waals surface area (Å²) >= 11 is 0. The van der Waals surface area contributed by atoms with E-state index in [0.717, 1.165) is 15.5 Å². The van der Waals surface area contributed by atoms with Gasteiger partial charge in [0.1, 0.15) is 0 Å². The lowest BCUT2D eigenvalue weighted by atomic mass is 10.1. The van der Waals surface area contributed by atoms with Crippen LogP contribution in [0, 0.1) is 0 Å². The predicted molar refractivity (Wildman–Crippen MR) is 97.5 cm³/mol. The third-order valence-corrected chi connectivity index (χ3v) is 4.15. The Bertz CT molecular complexity index is 1150. The van der Waals surface area contributed by atoms with Crippen LogP contribution in [0.2, 0.25) is 0 Å². The quantitative estimate of drug-likeness (QED) is 0.454. The summed E-state index contributed by atoms with van der Waals surface area (Å²) in [5.41, 5.74) is -0.565. The number of benzene rings is 3.